The minimum Gasteiger partial charge on any atom is -0.350 e. The normalized spacial score (nSPS) is 18.0. The summed E-state index contributed by atoms with van der Waals surface area (Å²) in [5.41, 5.74) is 3.76. The molecule has 1 atom stereocenters. The molecule has 0 spiro atoms. The summed E-state index contributed by atoms with van der Waals surface area (Å²) < 4.78 is 0. The summed E-state index contributed by atoms with van der Waals surface area (Å²) in [6, 6.07) is 8.81. The van der Waals surface area contributed by atoms with E-state index in [0.717, 1.165) is 37.3 Å². The molecule has 1 aliphatic rings. The first-order valence-electron chi connectivity index (χ1n) is 8.35. The van der Waals surface area contributed by atoms with E-state index in [-0.39, 0.29) is 0 Å². The number of aryl methyl sites for hydroxylation is 2. The molecule has 1 aromatic carbocycles. The minimum absolute atomic E-state index is 0.420. The van der Waals surface area contributed by atoms with Crippen molar-refractivity contribution in [3.8, 4) is 11.8 Å². The van der Waals surface area contributed by atoms with Crippen LogP contribution in [0.4, 0.5) is 5.82 Å². The number of piperidine rings is 1. The Bertz CT molecular complexity index is 740. The number of rotatable bonds is 3. The third-order valence-electron chi connectivity index (χ3n) is 4.79. The molecule has 5 heteroatoms. The van der Waals surface area contributed by atoms with Gasteiger partial charge in [-0.3, -0.25) is 0 Å². The third-order valence-corrected chi connectivity index (χ3v) is 4.79. The van der Waals surface area contributed by atoms with E-state index in [1.54, 1.807) is 4.80 Å². The SMILES string of the molecule is CC[C@H]1CCCCN1c1nn(-c2ccc(C)c(C)c2)nc1C#N. The van der Waals surface area contributed by atoms with Gasteiger partial charge < -0.3 is 4.90 Å². The highest BCUT2D eigenvalue weighted by molar-refractivity contribution is 5.51. The molecule has 5 nitrogen and oxygen atoms in total. The van der Waals surface area contributed by atoms with Crippen LogP contribution in [0.25, 0.3) is 5.69 Å². The number of hydrogen-bond acceptors (Lipinski definition) is 4. The summed E-state index contributed by atoms with van der Waals surface area (Å²) in [4.78, 5) is 3.87. The topological polar surface area (TPSA) is 57.7 Å². The molecule has 23 heavy (non-hydrogen) atoms. The first-order valence-corrected chi connectivity index (χ1v) is 8.35. The van der Waals surface area contributed by atoms with Crippen molar-refractivity contribution in [3.05, 3.63) is 35.0 Å². The highest BCUT2D eigenvalue weighted by atomic mass is 15.5. The Hall–Kier alpha value is -2.35. The van der Waals surface area contributed by atoms with Gasteiger partial charge >= 0.3 is 0 Å². The van der Waals surface area contributed by atoms with Crippen molar-refractivity contribution < 1.29 is 0 Å². The second-order valence-corrected chi connectivity index (χ2v) is 6.29. The molecule has 0 radical (unpaired) electrons. The summed E-state index contributed by atoms with van der Waals surface area (Å²) in [6.45, 7) is 7.31. The average Bonchev–Trinajstić information content (AvgIpc) is 3.01. The van der Waals surface area contributed by atoms with Gasteiger partial charge in [-0.05, 0) is 62.8 Å². The van der Waals surface area contributed by atoms with Crippen molar-refractivity contribution in [2.75, 3.05) is 11.4 Å². The molecular formula is C18H23N5. The Kier molecular flexibility index (Phi) is 4.33. The lowest BCUT2D eigenvalue weighted by atomic mass is 10.00. The Labute approximate surface area is 137 Å². The van der Waals surface area contributed by atoms with E-state index in [9.17, 15) is 5.26 Å². The number of hydrogen-bond donors (Lipinski definition) is 0. The van der Waals surface area contributed by atoms with Gasteiger partial charge in [0.1, 0.15) is 6.07 Å². The maximum absolute atomic E-state index is 9.47. The molecule has 0 bridgehead atoms. The van der Waals surface area contributed by atoms with Gasteiger partial charge in [-0.25, -0.2) is 0 Å². The Morgan fingerprint density at radius 3 is 2.74 bits per heavy atom. The van der Waals surface area contributed by atoms with Gasteiger partial charge in [-0.2, -0.15) is 5.26 Å². The molecule has 1 aromatic heterocycles. The summed E-state index contributed by atoms with van der Waals surface area (Å²) in [7, 11) is 0. The van der Waals surface area contributed by atoms with E-state index >= 15 is 0 Å². The fourth-order valence-corrected chi connectivity index (χ4v) is 3.23. The van der Waals surface area contributed by atoms with E-state index in [4.69, 9.17) is 0 Å². The number of nitrogens with zero attached hydrogens (tertiary/aromatic N) is 5. The highest BCUT2D eigenvalue weighted by Gasteiger charge is 2.26. The maximum atomic E-state index is 9.47. The van der Waals surface area contributed by atoms with E-state index < -0.39 is 0 Å². The predicted octanol–water partition coefficient (Wildman–Crippen LogP) is 3.52. The first-order chi connectivity index (χ1) is 11.1. The second kappa shape index (κ2) is 6.41. The molecule has 1 saturated heterocycles. The molecule has 1 fully saturated rings. The number of aromatic nitrogens is 3. The van der Waals surface area contributed by atoms with E-state index in [0.29, 0.717) is 11.7 Å². The van der Waals surface area contributed by atoms with Crippen molar-refractivity contribution >= 4 is 5.82 Å². The third kappa shape index (κ3) is 2.94. The molecule has 0 N–H and O–H groups in total. The number of anilines is 1. The lowest BCUT2D eigenvalue weighted by Gasteiger charge is -2.35. The second-order valence-electron chi connectivity index (χ2n) is 6.29. The van der Waals surface area contributed by atoms with Crippen LogP contribution in [0.1, 0.15) is 49.4 Å². The fourth-order valence-electron chi connectivity index (χ4n) is 3.23. The highest BCUT2D eigenvalue weighted by Crippen LogP contribution is 2.27. The Morgan fingerprint density at radius 2 is 2.04 bits per heavy atom. The maximum Gasteiger partial charge on any atom is 0.207 e. The summed E-state index contributed by atoms with van der Waals surface area (Å²) in [6.07, 6.45) is 4.64. The van der Waals surface area contributed by atoms with Gasteiger partial charge in [0.2, 0.25) is 5.69 Å². The molecule has 0 unspecified atom stereocenters. The van der Waals surface area contributed by atoms with Crippen LogP contribution in [-0.4, -0.2) is 27.6 Å². The van der Waals surface area contributed by atoms with E-state index in [1.165, 1.54) is 17.5 Å². The van der Waals surface area contributed by atoms with Crippen LogP contribution < -0.4 is 4.90 Å². The zero-order valence-electron chi connectivity index (χ0n) is 14.1. The van der Waals surface area contributed by atoms with Crippen molar-refractivity contribution in [3.63, 3.8) is 0 Å². The molecule has 0 amide bonds. The summed E-state index contributed by atoms with van der Waals surface area (Å²) in [5, 5.41) is 18.5. The largest absolute Gasteiger partial charge is 0.350 e. The lowest BCUT2D eigenvalue weighted by molar-refractivity contribution is 0.446. The lowest BCUT2D eigenvalue weighted by Crippen LogP contribution is -2.39. The zero-order valence-corrected chi connectivity index (χ0v) is 14.1. The van der Waals surface area contributed by atoms with E-state index in [2.05, 4.69) is 54.1 Å². The Balaban J connectivity index is 2.00. The summed E-state index contributed by atoms with van der Waals surface area (Å²) >= 11 is 0. The van der Waals surface area contributed by atoms with Gasteiger partial charge in [0.15, 0.2) is 5.82 Å². The van der Waals surface area contributed by atoms with Crippen molar-refractivity contribution in [2.24, 2.45) is 0 Å². The Morgan fingerprint density at radius 1 is 1.22 bits per heavy atom. The fraction of sp³-hybridized carbons (Fsp3) is 0.500. The zero-order chi connectivity index (χ0) is 16.4. The van der Waals surface area contributed by atoms with Crippen molar-refractivity contribution in [1.29, 1.82) is 5.26 Å². The van der Waals surface area contributed by atoms with Gasteiger partial charge in [0.05, 0.1) is 5.69 Å². The van der Waals surface area contributed by atoms with Gasteiger partial charge in [-0.15, -0.1) is 15.0 Å². The quantitative estimate of drug-likeness (QED) is 0.870. The van der Waals surface area contributed by atoms with Crippen LogP contribution in [0.2, 0.25) is 0 Å². The van der Waals surface area contributed by atoms with Crippen LogP contribution in [0.5, 0.6) is 0 Å². The van der Waals surface area contributed by atoms with Crippen LogP contribution in [0, 0.1) is 25.2 Å². The van der Waals surface area contributed by atoms with Crippen LogP contribution in [0.3, 0.4) is 0 Å². The molecule has 120 valence electrons. The van der Waals surface area contributed by atoms with Gasteiger partial charge in [-0.1, -0.05) is 13.0 Å². The van der Waals surface area contributed by atoms with Crippen molar-refractivity contribution in [1.82, 2.24) is 15.0 Å². The van der Waals surface area contributed by atoms with Gasteiger partial charge in [0, 0.05) is 12.6 Å². The van der Waals surface area contributed by atoms with Crippen LogP contribution >= 0.6 is 0 Å². The first kappa shape index (κ1) is 15.5. The van der Waals surface area contributed by atoms with E-state index in [1.807, 2.05) is 6.07 Å². The van der Waals surface area contributed by atoms with Crippen LogP contribution in [0.15, 0.2) is 18.2 Å². The predicted molar refractivity (Wildman–Crippen MR) is 90.8 cm³/mol. The summed E-state index contributed by atoms with van der Waals surface area (Å²) in [5.74, 6) is 0.734. The molecule has 3 rings (SSSR count). The average molecular weight is 309 g/mol. The molecular weight excluding hydrogens is 286 g/mol. The molecule has 0 saturated carbocycles. The minimum atomic E-state index is 0.420. The van der Waals surface area contributed by atoms with Crippen molar-refractivity contribution in [2.45, 2.75) is 52.5 Å². The van der Waals surface area contributed by atoms with Gasteiger partial charge in [0.25, 0.3) is 0 Å². The molecule has 2 heterocycles. The number of nitriles is 1. The monoisotopic (exact) mass is 309 g/mol. The van der Waals surface area contributed by atoms with Crippen LogP contribution in [-0.2, 0) is 0 Å². The molecule has 1 aliphatic heterocycles. The molecule has 0 aliphatic carbocycles. The smallest absolute Gasteiger partial charge is 0.207 e. The number of benzene rings is 1. The standard InChI is InChI=1S/C18H23N5/c1-4-15-7-5-6-10-22(15)18-17(12-19)20-23(21-18)16-9-8-13(2)14(3)11-16/h8-9,11,15H,4-7,10H2,1-3H3/t15-/m0/s1. The molecule has 2 aromatic rings.